The summed E-state index contributed by atoms with van der Waals surface area (Å²) in [5.74, 6) is 1.42. The van der Waals surface area contributed by atoms with Gasteiger partial charge in [0, 0.05) is 0 Å². The van der Waals surface area contributed by atoms with E-state index in [4.69, 9.17) is 10.5 Å². The molecule has 1 rings (SSSR count). The van der Waals surface area contributed by atoms with Gasteiger partial charge in [-0.05, 0) is 62.9 Å². The predicted molar refractivity (Wildman–Crippen MR) is 83.3 cm³/mol. The SMILES string of the molecule is CC(C)/C(=C\CCN)c1ccc(OC(C)(C)C)cc1. The van der Waals surface area contributed by atoms with Crippen LogP contribution >= 0.6 is 0 Å². The molecule has 2 N–H and O–H groups in total. The highest BCUT2D eigenvalue weighted by Gasteiger charge is 2.12. The van der Waals surface area contributed by atoms with E-state index < -0.39 is 0 Å². The summed E-state index contributed by atoms with van der Waals surface area (Å²) in [5.41, 5.74) is 8.04. The van der Waals surface area contributed by atoms with E-state index in [0.29, 0.717) is 12.5 Å². The third-order valence-corrected chi connectivity index (χ3v) is 2.76. The lowest BCUT2D eigenvalue weighted by Crippen LogP contribution is -2.22. The standard InChI is InChI=1S/C17H27NO/c1-13(2)16(7-6-12-18)14-8-10-15(11-9-14)19-17(3,4)5/h7-11,13H,6,12,18H2,1-5H3/b16-7+. The first-order valence-electron chi connectivity index (χ1n) is 7.03. The van der Waals surface area contributed by atoms with Crippen LogP contribution in [0.3, 0.4) is 0 Å². The molecule has 0 radical (unpaired) electrons. The number of rotatable bonds is 5. The summed E-state index contributed by atoms with van der Waals surface area (Å²) in [4.78, 5) is 0. The van der Waals surface area contributed by atoms with Gasteiger partial charge in [-0.3, -0.25) is 0 Å². The van der Waals surface area contributed by atoms with Gasteiger partial charge in [0.1, 0.15) is 11.4 Å². The van der Waals surface area contributed by atoms with Crippen LogP contribution < -0.4 is 10.5 Å². The molecule has 1 aromatic carbocycles. The molecule has 0 bridgehead atoms. The van der Waals surface area contributed by atoms with Crippen LogP contribution in [0.15, 0.2) is 30.3 Å². The van der Waals surface area contributed by atoms with Crippen LogP contribution in [0, 0.1) is 5.92 Å². The Bertz CT molecular complexity index is 410. The molecule has 2 nitrogen and oxygen atoms in total. The van der Waals surface area contributed by atoms with Crippen LogP contribution in [0.2, 0.25) is 0 Å². The smallest absolute Gasteiger partial charge is 0.120 e. The van der Waals surface area contributed by atoms with Gasteiger partial charge in [-0.2, -0.15) is 0 Å². The van der Waals surface area contributed by atoms with E-state index in [0.717, 1.165) is 12.2 Å². The first-order chi connectivity index (χ1) is 8.83. The maximum Gasteiger partial charge on any atom is 0.120 e. The van der Waals surface area contributed by atoms with Crippen LogP contribution in [0.5, 0.6) is 5.75 Å². The molecule has 0 fully saturated rings. The highest BCUT2D eigenvalue weighted by molar-refractivity contribution is 5.67. The zero-order chi connectivity index (χ0) is 14.5. The number of ether oxygens (including phenoxy) is 1. The second-order valence-corrected chi connectivity index (χ2v) is 6.13. The van der Waals surface area contributed by atoms with E-state index in [1.807, 2.05) is 12.1 Å². The van der Waals surface area contributed by atoms with Crippen molar-refractivity contribution in [2.45, 2.75) is 46.6 Å². The largest absolute Gasteiger partial charge is 0.488 e. The predicted octanol–water partition coefficient (Wildman–Crippen LogP) is 4.25. The van der Waals surface area contributed by atoms with Crippen LogP contribution in [-0.2, 0) is 0 Å². The van der Waals surface area contributed by atoms with Gasteiger partial charge in [-0.15, -0.1) is 0 Å². The topological polar surface area (TPSA) is 35.2 Å². The number of hydrogen-bond acceptors (Lipinski definition) is 2. The molecule has 1 aromatic rings. The quantitative estimate of drug-likeness (QED) is 0.860. The number of hydrogen-bond donors (Lipinski definition) is 1. The fourth-order valence-electron chi connectivity index (χ4n) is 1.99. The van der Waals surface area contributed by atoms with Crippen molar-refractivity contribution >= 4 is 5.57 Å². The van der Waals surface area contributed by atoms with Gasteiger partial charge in [-0.25, -0.2) is 0 Å². The van der Waals surface area contributed by atoms with Gasteiger partial charge >= 0.3 is 0 Å². The summed E-state index contributed by atoms with van der Waals surface area (Å²) in [6.07, 6.45) is 3.16. The lowest BCUT2D eigenvalue weighted by atomic mass is 9.94. The molecule has 0 saturated heterocycles. The first-order valence-corrected chi connectivity index (χ1v) is 7.03. The van der Waals surface area contributed by atoms with E-state index in [-0.39, 0.29) is 5.60 Å². The summed E-state index contributed by atoms with van der Waals surface area (Å²) in [6.45, 7) is 11.3. The molecule has 2 heteroatoms. The Morgan fingerprint density at radius 3 is 2.21 bits per heavy atom. The van der Waals surface area contributed by atoms with E-state index in [1.165, 1.54) is 11.1 Å². The Kier molecular flexibility index (Phi) is 5.61. The fourth-order valence-corrected chi connectivity index (χ4v) is 1.99. The van der Waals surface area contributed by atoms with Gasteiger partial charge < -0.3 is 10.5 Å². The third kappa shape index (κ3) is 5.48. The molecule has 0 unspecified atom stereocenters. The molecule has 19 heavy (non-hydrogen) atoms. The summed E-state index contributed by atoms with van der Waals surface area (Å²) in [5, 5.41) is 0. The lowest BCUT2D eigenvalue weighted by Gasteiger charge is -2.21. The van der Waals surface area contributed by atoms with Crippen molar-refractivity contribution in [2.75, 3.05) is 6.54 Å². The minimum absolute atomic E-state index is 0.155. The van der Waals surface area contributed by atoms with Crippen LogP contribution in [0.25, 0.3) is 5.57 Å². The second-order valence-electron chi connectivity index (χ2n) is 6.13. The minimum Gasteiger partial charge on any atom is -0.488 e. The second kappa shape index (κ2) is 6.76. The zero-order valence-electron chi connectivity index (χ0n) is 12.9. The molecule has 0 aromatic heterocycles. The fraction of sp³-hybridized carbons (Fsp3) is 0.529. The molecule has 0 spiro atoms. The summed E-state index contributed by atoms with van der Waals surface area (Å²) >= 11 is 0. The monoisotopic (exact) mass is 261 g/mol. The van der Waals surface area contributed by atoms with E-state index in [2.05, 4.69) is 52.8 Å². The van der Waals surface area contributed by atoms with Crippen molar-refractivity contribution < 1.29 is 4.74 Å². The molecular formula is C17H27NO. The van der Waals surface area contributed by atoms with E-state index in [9.17, 15) is 0 Å². The summed E-state index contributed by atoms with van der Waals surface area (Å²) < 4.78 is 5.84. The molecular weight excluding hydrogens is 234 g/mol. The van der Waals surface area contributed by atoms with Crippen molar-refractivity contribution in [3.05, 3.63) is 35.9 Å². The average molecular weight is 261 g/mol. The van der Waals surface area contributed by atoms with Crippen LogP contribution in [-0.4, -0.2) is 12.1 Å². The van der Waals surface area contributed by atoms with Gasteiger partial charge in [0.2, 0.25) is 0 Å². The van der Waals surface area contributed by atoms with Gasteiger partial charge in [0.25, 0.3) is 0 Å². The highest BCUT2D eigenvalue weighted by atomic mass is 16.5. The lowest BCUT2D eigenvalue weighted by molar-refractivity contribution is 0.131. The zero-order valence-corrected chi connectivity index (χ0v) is 12.9. The van der Waals surface area contributed by atoms with Crippen LogP contribution in [0.4, 0.5) is 0 Å². The van der Waals surface area contributed by atoms with Crippen molar-refractivity contribution in [1.29, 1.82) is 0 Å². The molecule has 0 aliphatic rings. The highest BCUT2D eigenvalue weighted by Crippen LogP contribution is 2.26. The van der Waals surface area contributed by atoms with Crippen molar-refractivity contribution in [3.63, 3.8) is 0 Å². The minimum atomic E-state index is -0.155. The van der Waals surface area contributed by atoms with Gasteiger partial charge in [-0.1, -0.05) is 32.1 Å². The molecule has 0 aliphatic heterocycles. The Hall–Kier alpha value is -1.28. The Morgan fingerprint density at radius 2 is 1.79 bits per heavy atom. The molecule has 0 aliphatic carbocycles. The van der Waals surface area contributed by atoms with Gasteiger partial charge in [0.15, 0.2) is 0 Å². The normalized spacial score (nSPS) is 12.9. The van der Waals surface area contributed by atoms with Crippen LogP contribution in [0.1, 0.15) is 46.6 Å². The number of benzene rings is 1. The average Bonchev–Trinajstić information content (AvgIpc) is 2.29. The van der Waals surface area contributed by atoms with E-state index in [1.54, 1.807) is 0 Å². The Morgan fingerprint density at radius 1 is 1.21 bits per heavy atom. The van der Waals surface area contributed by atoms with Crippen molar-refractivity contribution in [1.82, 2.24) is 0 Å². The number of allylic oxidation sites excluding steroid dienone is 1. The van der Waals surface area contributed by atoms with Crippen molar-refractivity contribution in [2.24, 2.45) is 11.7 Å². The van der Waals surface area contributed by atoms with E-state index >= 15 is 0 Å². The third-order valence-electron chi connectivity index (χ3n) is 2.76. The molecule has 0 saturated carbocycles. The Balaban J connectivity index is 2.90. The summed E-state index contributed by atoms with van der Waals surface area (Å²) in [6, 6.07) is 8.34. The summed E-state index contributed by atoms with van der Waals surface area (Å²) in [7, 11) is 0. The molecule has 0 atom stereocenters. The van der Waals surface area contributed by atoms with Gasteiger partial charge in [0.05, 0.1) is 0 Å². The maximum absolute atomic E-state index is 5.84. The van der Waals surface area contributed by atoms with Crippen molar-refractivity contribution in [3.8, 4) is 5.75 Å². The molecule has 106 valence electrons. The number of nitrogens with two attached hydrogens (primary N) is 1. The Labute approximate surface area is 117 Å². The first kappa shape index (κ1) is 15.8. The molecule has 0 heterocycles. The maximum atomic E-state index is 5.84. The molecule has 0 amide bonds.